The molecule has 1 heterocycles. The van der Waals surface area contributed by atoms with Crippen LogP contribution in [0.4, 0.5) is 0 Å². The smallest absolute Gasteiger partial charge is 0.0224 e. The first-order valence-corrected chi connectivity index (χ1v) is 4.63. The zero-order valence-electron chi connectivity index (χ0n) is 7.80. The first kappa shape index (κ1) is 8.79. The number of rotatable bonds is 1. The fraction of sp³-hybridized carbons (Fsp3) is 0.800. The summed E-state index contributed by atoms with van der Waals surface area (Å²) in [7, 11) is 0. The molecule has 0 fully saturated rings. The largest absolute Gasteiger partial charge is 0.308 e. The van der Waals surface area contributed by atoms with Gasteiger partial charge in [0.05, 0.1) is 0 Å². The third-order valence-corrected chi connectivity index (χ3v) is 2.35. The minimum atomic E-state index is 0.560. The van der Waals surface area contributed by atoms with Crippen LogP contribution in [0.25, 0.3) is 0 Å². The van der Waals surface area contributed by atoms with Gasteiger partial charge in [0.2, 0.25) is 0 Å². The van der Waals surface area contributed by atoms with E-state index >= 15 is 0 Å². The van der Waals surface area contributed by atoms with Crippen molar-refractivity contribution in [2.45, 2.75) is 45.7 Å². The minimum Gasteiger partial charge on any atom is -0.308 e. The topological polar surface area (TPSA) is 12.0 Å². The Bertz CT molecular complexity index is 138. The highest BCUT2D eigenvalue weighted by atomic mass is 14.9. The molecule has 0 aromatic carbocycles. The molecule has 2 unspecified atom stereocenters. The highest BCUT2D eigenvalue weighted by molar-refractivity contribution is 4.96. The standard InChI is InChI=1S/C10H19N/c1-8(2)10-7-5-4-6-9(3)11-10/h4,6,8-11H,5,7H2,1-3H3. The van der Waals surface area contributed by atoms with Crippen molar-refractivity contribution in [2.75, 3.05) is 0 Å². The summed E-state index contributed by atoms with van der Waals surface area (Å²) >= 11 is 0. The molecule has 0 amide bonds. The van der Waals surface area contributed by atoms with E-state index in [0.29, 0.717) is 12.1 Å². The van der Waals surface area contributed by atoms with Gasteiger partial charge in [-0.15, -0.1) is 0 Å². The molecule has 1 nitrogen and oxygen atoms in total. The Labute approximate surface area is 69.9 Å². The molecule has 0 spiro atoms. The van der Waals surface area contributed by atoms with Gasteiger partial charge in [0.25, 0.3) is 0 Å². The molecule has 1 aliphatic heterocycles. The zero-order chi connectivity index (χ0) is 8.27. The zero-order valence-corrected chi connectivity index (χ0v) is 7.80. The molecule has 0 radical (unpaired) electrons. The van der Waals surface area contributed by atoms with Crippen LogP contribution in [0.15, 0.2) is 12.2 Å². The second-order valence-electron chi connectivity index (χ2n) is 3.81. The summed E-state index contributed by atoms with van der Waals surface area (Å²) in [6, 6.07) is 1.27. The van der Waals surface area contributed by atoms with Crippen molar-refractivity contribution in [1.82, 2.24) is 5.32 Å². The van der Waals surface area contributed by atoms with Gasteiger partial charge in [0.15, 0.2) is 0 Å². The maximum absolute atomic E-state index is 3.59. The second-order valence-corrected chi connectivity index (χ2v) is 3.81. The Morgan fingerprint density at radius 3 is 2.82 bits per heavy atom. The van der Waals surface area contributed by atoms with Crippen LogP contribution in [-0.2, 0) is 0 Å². The molecule has 11 heavy (non-hydrogen) atoms. The molecule has 0 saturated carbocycles. The van der Waals surface area contributed by atoms with Crippen molar-refractivity contribution >= 4 is 0 Å². The maximum atomic E-state index is 3.59. The van der Waals surface area contributed by atoms with Crippen LogP contribution < -0.4 is 5.32 Å². The molecule has 1 N–H and O–H groups in total. The number of hydrogen-bond acceptors (Lipinski definition) is 1. The van der Waals surface area contributed by atoms with E-state index in [9.17, 15) is 0 Å². The Balaban J connectivity index is 2.45. The van der Waals surface area contributed by atoms with E-state index in [4.69, 9.17) is 0 Å². The predicted molar refractivity (Wildman–Crippen MR) is 49.6 cm³/mol. The molecule has 2 atom stereocenters. The van der Waals surface area contributed by atoms with Crippen molar-refractivity contribution in [3.8, 4) is 0 Å². The summed E-state index contributed by atoms with van der Waals surface area (Å²) in [5.74, 6) is 0.761. The lowest BCUT2D eigenvalue weighted by molar-refractivity contribution is 0.372. The SMILES string of the molecule is CC1C=CCCC(C(C)C)N1. The molecule has 0 bridgehead atoms. The summed E-state index contributed by atoms with van der Waals surface area (Å²) in [6.45, 7) is 6.79. The predicted octanol–water partition coefficient (Wildman–Crippen LogP) is 2.34. The lowest BCUT2D eigenvalue weighted by Crippen LogP contribution is -2.37. The molecule has 64 valence electrons. The first-order valence-electron chi connectivity index (χ1n) is 4.63. The summed E-state index contributed by atoms with van der Waals surface area (Å²) < 4.78 is 0. The van der Waals surface area contributed by atoms with Crippen LogP contribution in [0.5, 0.6) is 0 Å². The highest BCUT2D eigenvalue weighted by Gasteiger charge is 2.15. The van der Waals surface area contributed by atoms with Crippen LogP contribution in [0, 0.1) is 5.92 Å². The van der Waals surface area contributed by atoms with Gasteiger partial charge in [0, 0.05) is 12.1 Å². The van der Waals surface area contributed by atoms with Crippen molar-refractivity contribution < 1.29 is 0 Å². The van der Waals surface area contributed by atoms with Gasteiger partial charge >= 0.3 is 0 Å². The summed E-state index contributed by atoms with van der Waals surface area (Å²) in [6.07, 6.45) is 7.08. The Kier molecular flexibility index (Phi) is 3.13. The fourth-order valence-corrected chi connectivity index (χ4v) is 1.58. The normalized spacial score (nSPS) is 32.4. The average molecular weight is 153 g/mol. The number of nitrogens with one attached hydrogen (secondary N) is 1. The van der Waals surface area contributed by atoms with Crippen molar-refractivity contribution in [3.05, 3.63) is 12.2 Å². The van der Waals surface area contributed by atoms with E-state index in [0.717, 1.165) is 5.92 Å². The molecular weight excluding hydrogens is 134 g/mol. The van der Waals surface area contributed by atoms with Gasteiger partial charge in [-0.2, -0.15) is 0 Å². The lowest BCUT2D eigenvalue weighted by Gasteiger charge is -2.22. The monoisotopic (exact) mass is 153 g/mol. The van der Waals surface area contributed by atoms with Crippen LogP contribution >= 0.6 is 0 Å². The van der Waals surface area contributed by atoms with Gasteiger partial charge in [-0.3, -0.25) is 0 Å². The molecular formula is C10H19N. The first-order chi connectivity index (χ1) is 5.20. The summed E-state index contributed by atoms with van der Waals surface area (Å²) in [5.41, 5.74) is 0. The number of hydrogen-bond donors (Lipinski definition) is 1. The van der Waals surface area contributed by atoms with Crippen molar-refractivity contribution in [1.29, 1.82) is 0 Å². The molecule has 1 rings (SSSR count). The Morgan fingerprint density at radius 2 is 2.18 bits per heavy atom. The van der Waals surface area contributed by atoms with Gasteiger partial charge in [-0.1, -0.05) is 26.0 Å². The molecule has 1 aliphatic rings. The van der Waals surface area contributed by atoms with E-state index in [1.807, 2.05) is 0 Å². The van der Waals surface area contributed by atoms with Gasteiger partial charge in [-0.05, 0) is 25.7 Å². The summed E-state index contributed by atoms with van der Waals surface area (Å²) in [5, 5.41) is 3.59. The van der Waals surface area contributed by atoms with Gasteiger partial charge < -0.3 is 5.32 Å². The minimum absolute atomic E-state index is 0.560. The summed E-state index contributed by atoms with van der Waals surface area (Å²) in [4.78, 5) is 0. The van der Waals surface area contributed by atoms with E-state index < -0.39 is 0 Å². The van der Waals surface area contributed by atoms with Crippen molar-refractivity contribution in [2.24, 2.45) is 5.92 Å². The third-order valence-electron chi connectivity index (χ3n) is 2.35. The third kappa shape index (κ3) is 2.66. The Hall–Kier alpha value is -0.300. The van der Waals surface area contributed by atoms with E-state index in [1.54, 1.807) is 0 Å². The fourth-order valence-electron chi connectivity index (χ4n) is 1.58. The molecule has 0 saturated heterocycles. The van der Waals surface area contributed by atoms with E-state index in [2.05, 4.69) is 38.2 Å². The van der Waals surface area contributed by atoms with Gasteiger partial charge in [-0.25, -0.2) is 0 Å². The molecule has 0 aliphatic carbocycles. The molecule has 0 aromatic heterocycles. The number of allylic oxidation sites excluding steroid dienone is 1. The van der Waals surface area contributed by atoms with Crippen LogP contribution in [0.2, 0.25) is 0 Å². The maximum Gasteiger partial charge on any atom is 0.0224 e. The Morgan fingerprint density at radius 1 is 1.45 bits per heavy atom. The van der Waals surface area contributed by atoms with Crippen LogP contribution in [0.3, 0.4) is 0 Å². The molecule has 1 heteroatoms. The van der Waals surface area contributed by atoms with E-state index in [1.165, 1.54) is 12.8 Å². The van der Waals surface area contributed by atoms with E-state index in [-0.39, 0.29) is 0 Å². The molecule has 0 aromatic rings. The quantitative estimate of drug-likeness (QED) is 0.570. The van der Waals surface area contributed by atoms with Crippen molar-refractivity contribution in [3.63, 3.8) is 0 Å². The van der Waals surface area contributed by atoms with Crippen LogP contribution in [-0.4, -0.2) is 12.1 Å². The van der Waals surface area contributed by atoms with Gasteiger partial charge in [0.1, 0.15) is 0 Å². The lowest BCUT2D eigenvalue weighted by atomic mass is 10.00. The average Bonchev–Trinajstić information content (AvgIpc) is 2.13. The highest BCUT2D eigenvalue weighted by Crippen LogP contribution is 2.13. The van der Waals surface area contributed by atoms with Crippen LogP contribution in [0.1, 0.15) is 33.6 Å². The second kappa shape index (κ2) is 3.91.